The van der Waals surface area contributed by atoms with Crippen molar-refractivity contribution in [2.45, 2.75) is 43.5 Å². The van der Waals surface area contributed by atoms with Gasteiger partial charge < -0.3 is 4.90 Å². The zero-order chi connectivity index (χ0) is 20.3. The third kappa shape index (κ3) is 4.45. The molecule has 1 saturated heterocycles. The molecule has 2 unspecified atom stereocenters. The van der Waals surface area contributed by atoms with Crippen LogP contribution in [0.15, 0.2) is 59.5 Å². The van der Waals surface area contributed by atoms with E-state index >= 15 is 0 Å². The minimum Gasteiger partial charge on any atom is -0.333 e. The van der Waals surface area contributed by atoms with Crippen LogP contribution >= 0.6 is 0 Å². The first kappa shape index (κ1) is 20.6. The van der Waals surface area contributed by atoms with Crippen LogP contribution in [0.2, 0.25) is 0 Å². The molecule has 1 aliphatic rings. The molecular weight excluding hydrogens is 372 g/mol. The lowest BCUT2D eigenvalue weighted by molar-refractivity contribution is 0.0335. The van der Waals surface area contributed by atoms with Crippen LogP contribution in [0.1, 0.15) is 36.7 Å². The fraction of sp³-hybridized carbons (Fsp3) is 0.409. The fourth-order valence-corrected chi connectivity index (χ4v) is 5.18. The smallest absolute Gasteiger partial charge is 0.254 e. The molecule has 0 aliphatic carbocycles. The van der Waals surface area contributed by atoms with Crippen LogP contribution in [0.4, 0.5) is 0 Å². The summed E-state index contributed by atoms with van der Waals surface area (Å²) in [5.74, 6) is -0.180. The van der Waals surface area contributed by atoms with E-state index in [-0.39, 0.29) is 28.6 Å². The number of nitrogens with zero attached hydrogens (tertiary/aromatic N) is 2. The topological polar surface area (TPSA) is 57.7 Å². The number of hydrogen-bond donors (Lipinski definition) is 0. The number of benzene rings is 2. The summed E-state index contributed by atoms with van der Waals surface area (Å²) >= 11 is 0. The Morgan fingerprint density at radius 2 is 1.71 bits per heavy atom. The van der Waals surface area contributed by atoms with Gasteiger partial charge in [0.2, 0.25) is 0 Å². The predicted molar refractivity (Wildman–Crippen MR) is 111 cm³/mol. The monoisotopic (exact) mass is 400 g/mol. The molecule has 0 saturated carbocycles. The summed E-state index contributed by atoms with van der Waals surface area (Å²) in [5.41, 5.74) is 1.16. The number of carbonyl (C=O) groups is 1. The summed E-state index contributed by atoms with van der Waals surface area (Å²) in [6.45, 7) is 8.73. The molecule has 2 aromatic carbocycles. The Morgan fingerprint density at radius 3 is 2.39 bits per heavy atom. The van der Waals surface area contributed by atoms with Crippen molar-refractivity contribution in [1.29, 1.82) is 0 Å². The second-order valence-electron chi connectivity index (χ2n) is 7.52. The number of sulfone groups is 1. The lowest BCUT2D eigenvalue weighted by Crippen LogP contribution is -2.57. The maximum Gasteiger partial charge on any atom is 0.254 e. The lowest BCUT2D eigenvalue weighted by atomic mass is 10.1. The average Bonchev–Trinajstić information content (AvgIpc) is 2.69. The van der Waals surface area contributed by atoms with Gasteiger partial charge in [0.25, 0.3) is 5.91 Å². The number of hydrogen-bond acceptors (Lipinski definition) is 4. The van der Waals surface area contributed by atoms with Gasteiger partial charge in [0, 0.05) is 30.7 Å². The van der Waals surface area contributed by atoms with Crippen molar-refractivity contribution in [2.75, 3.05) is 19.6 Å². The van der Waals surface area contributed by atoms with E-state index in [1.165, 1.54) is 6.07 Å². The number of likely N-dealkylation sites (N-methyl/N-ethyl adjacent to an activating group) is 1. The van der Waals surface area contributed by atoms with Gasteiger partial charge in [0.1, 0.15) is 0 Å². The number of carbonyl (C=O) groups excluding carboxylic acids is 1. The summed E-state index contributed by atoms with van der Waals surface area (Å²) in [6, 6.07) is 15.9. The van der Waals surface area contributed by atoms with E-state index in [0.717, 1.165) is 18.7 Å². The van der Waals surface area contributed by atoms with Crippen LogP contribution in [0.5, 0.6) is 0 Å². The Labute approximate surface area is 167 Å². The Balaban J connectivity index is 1.82. The van der Waals surface area contributed by atoms with Crippen LogP contribution in [-0.4, -0.2) is 55.8 Å². The molecule has 3 rings (SSSR count). The van der Waals surface area contributed by atoms with Gasteiger partial charge in [-0.1, -0.05) is 43.3 Å². The molecule has 0 bridgehead atoms. The van der Waals surface area contributed by atoms with E-state index in [0.29, 0.717) is 12.1 Å². The first-order chi connectivity index (χ1) is 13.3. The minimum atomic E-state index is -3.52. The Hall–Kier alpha value is -2.18. The second-order valence-corrected chi connectivity index (χ2v) is 9.51. The molecule has 6 heteroatoms. The van der Waals surface area contributed by atoms with E-state index in [1.54, 1.807) is 30.3 Å². The van der Waals surface area contributed by atoms with Gasteiger partial charge >= 0.3 is 0 Å². The van der Waals surface area contributed by atoms with Gasteiger partial charge in [-0.15, -0.1) is 0 Å². The van der Waals surface area contributed by atoms with E-state index in [1.807, 2.05) is 30.0 Å². The Kier molecular flexibility index (Phi) is 6.20. The van der Waals surface area contributed by atoms with Crippen molar-refractivity contribution in [1.82, 2.24) is 9.80 Å². The molecule has 1 heterocycles. The maximum absolute atomic E-state index is 13.1. The molecular formula is C22H28N2O3S. The quantitative estimate of drug-likeness (QED) is 0.773. The first-order valence-corrected chi connectivity index (χ1v) is 11.4. The molecule has 0 N–H and O–H groups in total. The van der Waals surface area contributed by atoms with Crippen molar-refractivity contribution in [3.8, 4) is 0 Å². The molecule has 1 aliphatic heterocycles. The van der Waals surface area contributed by atoms with Crippen molar-refractivity contribution in [3.05, 3.63) is 65.7 Å². The summed E-state index contributed by atoms with van der Waals surface area (Å²) in [6.07, 6.45) is 0. The summed E-state index contributed by atoms with van der Waals surface area (Å²) in [5, 5.41) is 0. The number of piperazine rings is 1. The van der Waals surface area contributed by atoms with Crippen LogP contribution in [0, 0.1) is 0 Å². The SMILES string of the molecule is CCN1CC(C)N(C(=O)c2cccc(S(=O)(=O)Cc3ccccc3)c2)CC1C. The third-order valence-electron chi connectivity index (χ3n) is 5.42. The summed E-state index contributed by atoms with van der Waals surface area (Å²) in [4.78, 5) is 17.5. The highest BCUT2D eigenvalue weighted by atomic mass is 32.2. The predicted octanol–water partition coefficient (Wildman–Crippen LogP) is 3.22. The second kappa shape index (κ2) is 8.45. The van der Waals surface area contributed by atoms with E-state index < -0.39 is 9.84 Å². The minimum absolute atomic E-state index is 0.0753. The number of rotatable bonds is 5. The van der Waals surface area contributed by atoms with Crippen LogP contribution in [-0.2, 0) is 15.6 Å². The molecule has 1 fully saturated rings. The third-order valence-corrected chi connectivity index (χ3v) is 7.11. The largest absolute Gasteiger partial charge is 0.333 e. The molecule has 1 amide bonds. The Morgan fingerprint density at radius 1 is 1.00 bits per heavy atom. The van der Waals surface area contributed by atoms with Crippen LogP contribution in [0.25, 0.3) is 0 Å². The van der Waals surface area contributed by atoms with Crippen molar-refractivity contribution < 1.29 is 13.2 Å². The van der Waals surface area contributed by atoms with Gasteiger partial charge in [0.15, 0.2) is 9.84 Å². The van der Waals surface area contributed by atoms with Gasteiger partial charge in [0.05, 0.1) is 10.6 Å². The van der Waals surface area contributed by atoms with E-state index in [9.17, 15) is 13.2 Å². The maximum atomic E-state index is 13.1. The van der Waals surface area contributed by atoms with Gasteiger partial charge in [-0.2, -0.15) is 0 Å². The van der Waals surface area contributed by atoms with Gasteiger partial charge in [-0.3, -0.25) is 9.69 Å². The lowest BCUT2D eigenvalue weighted by Gasteiger charge is -2.43. The van der Waals surface area contributed by atoms with Gasteiger partial charge in [-0.25, -0.2) is 8.42 Å². The summed E-state index contributed by atoms with van der Waals surface area (Å²) < 4.78 is 25.6. The molecule has 2 aromatic rings. The average molecular weight is 401 g/mol. The molecule has 0 aromatic heterocycles. The highest BCUT2D eigenvalue weighted by Crippen LogP contribution is 2.21. The normalized spacial score (nSPS) is 20.9. The van der Waals surface area contributed by atoms with Crippen molar-refractivity contribution in [3.63, 3.8) is 0 Å². The molecule has 2 atom stereocenters. The van der Waals surface area contributed by atoms with E-state index in [2.05, 4.69) is 18.7 Å². The van der Waals surface area contributed by atoms with Crippen LogP contribution < -0.4 is 0 Å². The van der Waals surface area contributed by atoms with Gasteiger partial charge in [-0.05, 0) is 44.2 Å². The van der Waals surface area contributed by atoms with Crippen LogP contribution in [0.3, 0.4) is 0 Å². The zero-order valence-corrected chi connectivity index (χ0v) is 17.5. The summed E-state index contributed by atoms with van der Waals surface area (Å²) in [7, 11) is -3.52. The van der Waals surface area contributed by atoms with E-state index in [4.69, 9.17) is 0 Å². The van der Waals surface area contributed by atoms with Crippen molar-refractivity contribution >= 4 is 15.7 Å². The highest BCUT2D eigenvalue weighted by Gasteiger charge is 2.32. The molecule has 0 spiro atoms. The molecule has 150 valence electrons. The fourth-order valence-electron chi connectivity index (χ4n) is 3.79. The molecule has 5 nitrogen and oxygen atoms in total. The molecule has 28 heavy (non-hydrogen) atoms. The Bertz CT molecular complexity index is 928. The number of amides is 1. The molecule has 0 radical (unpaired) electrons. The standard InChI is InChI=1S/C22H28N2O3S/c1-4-23-14-18(3)24(15-17(23)2)22(25)20-11-8-12-21(13-20)28(26,27)16-19-9-6-5-7-10-19/h5-13,17-18H,4,14-16H2,1-3H3. The highest BCUT2D eigenvalue weighted by molar-refractivity contribution is 7.90. The zero-order valence-electron chi connectivity index (χ0n) is 16.7. The first-order valence-electron chi connectivity index (χ1n) is 9.73. The van der Waals surface area contributed by atoms with Crippen molar-refractivity contribution in [2.24, 2.45) is 0 Å².